The third-order valence-corrected chi connectivity index (χ3v) is 4.16. The normalized spacial score (nSPS) is 10.3. The third kappa shape index (κ3) is 3.40. The van der Waals surface area contributed by atoms with Crippen molar-refractivity contribution in [3.63, 3.8) is 0 Å². The minimum absolute atomic E-state index is 0.200. The van der Waals surface area contributed by atoms with Gasteiger partial charge in [-0.1, -0.05) is 24.3 Å². The summed E-state index contributed by atoms with van der Waals surface area (Å²) in [5, 5.41) is 5.93. The molecule has 4 nitrogen and oxygen atoms in total. The van der Waals surface area contributed by atoms with E-state index in [2.05, 4.69) is 10.3 Å². The summed E-state index contributed by atoms with van der Waals surface area (Å²) < 4.78 is 5.23. The van der Waals surface area contributed by atoms with Gasteiger partial charge in [-0.3, -0.25) is 4.79 Å². The molecule has 0 fully saturated rings. The van der Waals surface area contributed by atoms with Crippen molar-refractivity contribution in [3.05, 3.63) is 64.5 Å². The molecule has 0 radical (unpaired) electrons. The number of nitrogens with one attached hydrogen (secondary N) is 1. The highest BCUT2D eigenvalue weighted by atomic mass is 32.1. The van der Waals surface area contributed by atoms with Crippen molar-refractivity contribution in [2.24, 2.45) is 0 Å². The minimum Gasteiger partial charge on any atom is -0.496 e. The number of aryl methyl sites for hydroxylation is 1. The average Bonchev–Trinajstić information content (AvgIpc) is 3.01. The number of carbonyl (C=O) groups is 1. The van der Waals surface area contributed by atoms with E-state index < -0.39 is 0 Å². The van der Waals surface area contributed by atoms with Crippen molar-refractivity contribution in [2.75, 3.05) is 12.4 Å². The molecule has 2 aromatic carbocycles. The van der Waals surface area contributed by atoms with Gasteiger partial charge in [-0.2, -0.15) is 0 Å². The number of thiazole rings is 1. The highest BCUT2D eigenvalue weighted by Gasteiger charge is 2.12. The summed E-state index contributed by atoms with van der Waals surface area (Å²) in [7, 11) is 1.55. The topological polar surface area (TPSA) is 51.2 Å². The van der Waals surface area contributed by atoms with E-state index in [1.54, 1.807) is 30.6 Å². The molecule has 3 rings (SSSR count). The van der Waals surface area contributed by atoms with Crippen LogP contribution in [0.1, 0.15) is 15.4 Å². The Labute approximate surface area is 138 Å². The van der Waals surface area contributed by atoms with Crippen LogP contribution in [0.4, 0.5) is 5.69 Å². The van der Waals surface area contributed by atoms with Crippen molar-refractivity contribution >= 4 is 22.9 Å². The van der Waals surface area contributed by atoms with Crippen LogP contribution in [0.3, 0.4) is 0 Å². The lowest BCUT2D eigenvalue weighted by Gasteiger charge is -2.09. The van der Waals surface area contributed by atoms with Gasteiger partial charge in [0.15, 0.2) is 0 Å². The highest BCUT2D eigenvalue weighted by Crippen LogP contribution is 2.25. The van der Waals surface area contributed by atoms with Gasteiger partial charge in [0.1, 0.15) is 5.75 Å². The molecule has 0 atom stereocenters. The molecule has 0 unspecified atom stereocenters. The fourth-order valence-corrected chi connectivity index (χ4v) is 2.90. The maximum Gasteiger partial charge on any atom is 0.259 e. The Morgan fingerprint density at radius 3 is 2.74 bits per heavy atom. The Hall–Kier alpha value is -2.66. The van der Waals surface area contributed by atoms with Crippen molar-refractivity contribution < 1.29 is 9.53 Å². The number of carbonyl (C=O) groups excluding carboxylic acids is 1. The van der Waals surface area contributed by atoms with E-state index in [0.29, 0.717) is 11.3 Å². The number of aromatic nitrogens is 1. The number of para-hydroxylation sites is 1. The summed E-state index contributed by atoms with van der Waals surface area (Å²) >= 11 is 1.61. The van der Waals surface area contributed by atoms with E-state index in [9.17, 15) is 4.79 Å². The van der Waals surface area contributed by atoms with E-state index in [1.165, 1.54) is 0 Å². The summed E-state index contributed by atoms with van der Waals surface area (Å²) in [5.41, 5.74) is 3.13. The number of benzene rings is 2. The van der Waals surface area contributed by atoms with Gasteiger partial charge in [0, 0.05) is 16.6 Å². The van der Waals surface area contributed by atoms with Crippen LogP contribution in [0.5, 0.6) is 5.75 Å². The molecule has 0 spiro atoms. The van der Waals surface area contributed by atoms with Gasteiger partial charge in [-0.15, -0.1) is 11.3 Å². The van der Waals surface area contributed by atoms with Gasteiger partial charge in [-0.05, 0) is 31.2 Å². The molecular formula is C18H16N2O2S. The van der Waals surface area contributed by atoms with Gasteiger partial charge in [-0.25, -0.2) is 4.98 Å². The van der Waals surface area contributed by atoms with E-state index in [1.807, 2.05) is 48.7 Å². The molecule has 0 saturated carbocycles. The van der Waals surface area contributed by atoms with Crippen LogP contribution in [0.15, 0.2) is 53.9 Å². The molecule has 5 heteroatoms. The van der Waals surface area contributed by atoms with Crippen molar-refractivity contribution in [2.45, 2.75) is 6.92 Å². The molecule has 116 valence electrons. The maximum atomic E-state index is 12.4. The summed E-state index contributed by atoms with van der Waals surface area (Å²) in [6.07, 6.45) is 0. The number of nitrogens with zero attached hydrogens (tertiary/aromatic N) is 1. The first kappa shape index (κ1) is 15.2. The minimum atomic E-state index is -0.200. The SMILES string of the molecule is COc1ccccc1C(=O)Nc1cccc(-c2csc(C)n2)c1. The summed E-state index contributed by atoms with van der Waals surface area (Å²) in [6.45, 7) is 1.97. The van der Waals surface area contributed by atoms with Crippen molar-refractivity contribution in [1.82, 2.24) is 4.98 Å². The summed E-state index contributed by atoms with van der Waals surface area (Å²) in [5.74, 6) is 0.352. The predicted molar refractivity (Wildman–Crippen MR) is 93.2 cm³/mol. The molecule has 0 aliphatic carbocycles. The van der Waals surface area contributed by atoms with Gasteiger partial charge in [0.2, 0.25) is 0 Å². The van der Waals surface area contributed by atoms with Crippen LogP contribution in [0.25, 0.3) is 11.3 Å². The van der Waals surface area contributed by atoms with E-state index in [4.69, 9.17) is 4.74 Å². The smallest absolute Gasteiger partial charge is 0.259 e. The molecule has 0 aliphatic rings. The van der Waals surface area contributed by atoms with Crippen molar-refractivity contribution in [1.29, 1.82) is 0 Å². The molecular weight excluding hydrogens is 308 g/mol. The van der Waals surface area contributed by atoms with Crippen LogP contribution >= 0.6 is 11.3 Å². The summed E-state index contributed by atoms with van der Waals surface area (Å²) in [4.78, 5) is 16.9. The van der Waals surface area contributed by atoms with Crippen LogP contribution in [0.2, 0.25) is 0 Å². The second kappa shape index (κ2) is 6.62. The third-order valence-electron chi connectivity index (χ3n) is 3.39. The zero-order valence-electron chi connectivity index (χ0n) is 12.9. The zero-order chi connectivity index (χ0) is 16.2. The number of hydrogen-bond acceptors (Lipinski definition) is 4. The molecule has 1 N–H and O–H groups in total. The Morgan fingerprint density at radius 2 is 2.00 bits per heavy atom. The Morgan fingerprint density at radius 1 is 1.17 bits per heavy atom. The Kier molecular flexibility index (Phi) is 4.39. The molecule has 23 heavy (non-hydrogen) atoms. The first-order valence-corrected chi connectivity index (χ1v) is 8.02. The summed E-state index contributed by atoms with van der Waals surface area (Å²) in [6, 6.07) is 14.8. The quantitative estimate of drug-likeness (QED) is 0.775. The highest BCUT2D eigenvalue weighted by molar-refractivity contribution is 7.09. The van der Waals surface area contributed by atoms with E-state index in [0.717, 1.165) is 22.0 Å². The Balaban J connectivity index is 1.84. The van der Waals surface area contributed by atoms with Gasteiger partial charge < -0.3 is 10.1 Å². The number of methoxy groups -OCH3 is 1. The fraction of sp³-hybridized carbons (Fsp3) is 0.111. The monoisotopic (exact) mass is 324 g/mol. The van der Waals surface area contributed by atoms with E-state index in [-0.39, 0.29) is 5.91 Å². The molecule has 1 amide bonds. The number of anilines is 1. The lowest BCUT2D eigenvalue weighted by Crippen LogP contribution is -2.13. The zero-order valence-corrected chi connectivity index (χ0v) is 13.7. The first-order valence-electron chi connectivity index (χ1n) is 7.14. The van der Waals surface area contributed by atoms with Gasteiger partial charge >= 0.3 is 0 Å². The van der Waals surface area contributed by atoms with Crippen LogP contribution in [0, 0.1) is 6.92 Å². The van der Waals surface area contributed by atoms with Crippen molar-refractivity contribution in [3.8, 4) is 17.0 Å². The van der Waals surface area contributed by atoms with E-state index >= 15 is 0 Å². The molecule has 0 saturated heterocycles. The van der Waals surface area contributed by atoms with Crippen LogP contribution < -0.4 is 10.1 Å². The number of amides is 1. The first-order chi connectivity index (χ1) is 11.2. The second-order valence-electron chi connectivity index (χ2n) is 4.99. The number of rotatable bonds is 4. The molecule has 0 bridgehead atoms. The molecule has 3 aromatic rings. The largest absolute Gasteiger partial charge is 0.496 e. The molecule has 0 aliphatic heterocycles. The Bertz CT molecular complexity index is 842. The molecule has 1 heterocycles. The van der Waals surface area contributed by atoms with Crippen LogP contribution in [-0.4, -0.2) is 18.0 Å². The predicted octanol–water partition coefficient (Wildman–Crippen LogP) is 4.38. The fourth-order valence-electron chi connectivity index (χ4n) is 2.28. The van der Waals surface area contributed by atoms with Crippen LogP contribution in [-0.2, 0) is 0 Å². The van der Waals surface area contributed by atoms with Gasteiger partial charge in [0.25, 0.3) is 5.91 Å². The standard InChI is InChI=1S/C18H16N2O2S/c1-12-19-16(11-23-12)13-6-5-7-14(10-13)20-18(21)15-8-3-4-9-17(15)22-2/h3-11H,1-2H3,(H,20,21). The number of ether oxygens (including phenoxy) is 1. The lowest BCUT2D eigenvalue weighted by atomic mass is 10.1. The second-order valence-corrected chi connectivity index (χ2v) is 6.05. The lowest BCUT2D eigenvalue weighted by molar-refractivity contribution is 0.102. The average molecular weight is 324 g/mol. The molecule has 1 aromatic heterocycles. The maximum absolute atomic E-state index is 12.4. The van der Waals surface area contributed by atoms with Gasteiger partial charge in [0.05, 0.1) is 23.4 Å². The number of hydrogen-bond donors (Lipinski definition) is 1.